The first-order chi connectivity index (χ1) is 5.83. The quantitative estimate of drug-likeness (QED) is 0.710. The first kappa shape index (κ1) is 9.49. The molecule has 0 aromatic carbocycles. The lowest BCUT2D eigenvalue weighted by molar-refractivity contribution is 0.331. The molecule has 1 aromatic heterocycles. The second-order valence-corrected chi connectivity index (χ2v) is 3.66. The van der Waals surface area contributed by atoms with E-state index in [1.54, 1.807) is 11.3 Å². The van der Waals surface area contributed by atoms with E-state index in [1.807, 2.05) is 6.92 Å². The standard InChI is InChI=1S/C10H14OS/c1-9(7-11)3-2-4-10-5-6-12-8-10/h3,5-6,8,11H,2,4,7H2,1H3/b9-3+. The molecule has 12 heavy (non-hydrogen) atoms. The lowest BCUT2D eigenvalue weighted by Crippen LogP contribution is -1.85. The van der Waals surface area contributed by atoms with Crippen LogP contribution in [0.2, 0.25) is 0 Å². The highest BCUT2D eigenvalue weighted by Crippen LogP contribution is 2.09. The van der Waals surface area contributed by atoms with E-state index >= 15 is 0 Å². The minimum Gasteiger partial charge on any atom is -0.392 e. The van der Waals surface area contributed by atoms with Gasteiger partial charge in [-0.15, -0.1) is 0 Å². The topological polar surface area (TPSA) is 20.2 Å². The lowest BCUT2D eigenvalue weighted by atomic mass is 10.1. The Balaban J connectivity index is 2.28. The van der Waals surface area contributed by atoms with E-state index in [1.165, 1.54) is 5.56 Å². The van der Waals surface area contributed by atoms with Crippen LogP contribution in [0.5, 0.6) is 0 Å². The van der Waals surface area contributed by atoms with Gasteiger partial charge in [0.1, 0.15) is 0 Å². The molecular weight excluding hydrogens is 168 g/mol. The van der Waals surface area contributed by atoms with Crippen molar-refractivity contribution in [3.8, 4) is 0 Å². The molecule has 0 amide bonds. The Hall–Kier alpha value is -0.600. The molecule has 0 saturated carbocycles. The van der Waals surface area contributed by atoms with Crippen molar-refractivity contribution in [3.63, 3.8) is 0 Å². The Morgan fingerprint density at radius 2 is 2.50 bits per heavy atom. The number of aliphatic hydroxyl groups is 1. The maximum atomic E-state index is 8.73. The van der Waals surface area contributed by atoms with Crippen LogP contribution in [0.1, 0.15) is 18.9 Å². The molecule has 0 spiro atoms. The molecule has 0 radical (unpaired) electrons. The Morgan fingerprint density at radius 1 is 1.67 bits per heavy atom. The number of aliphatic hydroxyl groups excluding tert-OH is 1. The number of rotatable bonds is 4. The van der Waals surface area contributed by atoms with Crippen LogP contribution in [0.25, 0.3) is 0 Å². The van der Waals surface area contributed by atoms with E-state index in [0.29, 0.717) is 0 Å². The Morgan fingerprint density at radius 3 is 3.08 bits per heavy atom. The highest BCUT2D eigenvalue weighted by atomic mass is 32.1. The third-order valence-corrected chi connectivity index (χ3v) is 2.49. The lowest BCUT2D eigenvalue weighted by Gasteiger charge is -1.94. The Kier molecular flexibility index (Phi) is 4.05. The van der Waals surface area contributed by atoms with Crippen molar-refractivity contribution >= 4 is 11.3 Å². The van der Waals surface area contributed by atoms with Crippen LogP contribution in [0.3, 0.4) is 0 Å². The molecule has 1 rings (SSSR count). The fourth-order valence-electron chi connectivity index (χ4n) is 0.985. The van der Waals surface area contributed by atoms with E-state index in [0.717, 1.165) is 18.4 Å². The molecule has 1 nitrogen and oxygen atoms in total. The molecule has 1 N–H and O–H groups in total. The molecule has 0 aliphatic rings. The van der Waals surface area contributed by atoms with Crippen molar-refractivity contribution in [3.05, 3.63) is 34.0 Å². The van der Waals surface area contributed by atoms with Gasteiger partial charge >= 0.3 is 0 Å². The van der Waals surface area contributed by atoms with Gasteiger partial charge in [0.05, 0.1) is 6.61 Å². The van der Waals surface area contributed by atoms with E-state index < -0.39 is 0 Å². The summed E-state index contributed by atoms with van der Waals surface area (Å²) >= 11 is 1.73. The smallest absolute Gasteiger partial charge is 0.0639 e. The average molecular weight is 182 g/mol. The van der Waals surface area contributed by atoms with Gasteiger partial charge in [0.25, 0.3) is 0 Å². The van der Waals surface area contributed by atoms with Gasteiger partial charge in [0, 0.05) is 0 Å². The highest BCUT2D eigenvalue weighted by molar-refractivity contribution is 7.07. The third-order valence-electron chi connectivity index (χ3n) is 1.76. The molecule has 2 heteroatoms. The molecule has 66 valence electrons. The number of allylic oxidation sites excluding steroid dienone is 1. The first-order valence-corrected chi connectivity index (χ1v) is 5.05. The zero-order valence-electron chi connectivity index (χ0n) is 7.29. The van der Waals surface area contributed by atoms with Gasteiger partial charge in [-0.05, 0) is 42.2 Å². The monoisotopic (exact) mass is 182 g/mol. The second kappa shape index (κ2) is 5.12. The zero-order valence-corrected chi connectivity index (χ0v) is 8.10. The summed E-state index contributed by atoms with van der Waals surface area (Å²) in [6.07, 6.45) is 4.21. The molecule has 0 bridgehead atoms. The predicted octanol–water partition coefficient (Wildman–Crippen LogP) is 2.62. The van der Waals surface area contributed by atoms with Crippen molar-refractivity contribution in [1.82, 2.24) is 0 Å². The van der Waals surface area contributed by atoms with Gasteiger partial charge in [0.2, 0.25) is 0 Å². The van der Waals surface area contributed by atoms with Crippen LogP contribution in [0, 0.1) is 0 Å². The zero-order chi connectivity index (χ0) is 8.81. The van der Waals surface area contributed by atoms with Gasteiger partial charge < -0.3 is 5.11 Å². The van der Waals surface area contributed by atoms with E-state index in [9.17, 15) is 0 Å². The number of thiophene rings is 1. The van der Waals surface area contributed by atoms with E-state index in [-0.39, 0.29) is 6.61 Å². The summed E-state index contributed by atoms with van der Waals surface area (Å²) < 4.78 is 0. The van der Waals surface area contributed by atoms with E-state index in [4.69, 9.17) is 5.11 Å². The van der Waals surface area contributed by atoms with Crippen molar-refractivity contribution in [2.75, 3.05) is 6.61 Å². The molecule has 0 aliphatic carbocycles. The molecular formula is C10H14OS. The van der Waals surface area contributed by atoms with Crippen LogP contribution < -0.4 is 0 Å². The maximum absolute atomic E-state index is 8.73. The van der Waals surface area contributed by atoms with Crippen LogP contribution in [0.4, 0.5) is 0 Å². The molecule has 0 fully saturated rings. The van der Waals surface area contributed by atoms with Gasteiger partial charge in [-0.2, -0.15) is 11.3 Å². The SMILES string of the molecule is C/C(=C\CCc1ccsc1)CO. The maximum Gasteiger partial charge on any atom is 0.0639 e. The summed E-state index contributed by atoms with van der Waals surface area (Å²) in [7, 11) is 0. The van der Waals surface area contributed by atoms with E-state index in [2.05, 4.69) is 22.9 Å². The van der Waals surface area contributed by atoms with Crippen LogP contribution in [-0.4, -0.2) is 11.7 Å². The van der Waals surface area contributed by atoms with Crippen molar-refractivity contribution < 1.29 is 5.11 Å². The van der Waals surface area contributed by atoms with Crippen LogP contribution >= 0.6 is 11.3 Å². The molecule has 0 aliphatic heterocycles. The van der Waals surface area contributed by atoms with Crippen LogP contribution in [-0.2, 0) is 6.42 Å². The largest absolute Gasteiger partial charge is 0.392 e. The molecule has 1 heterocycles. The normalized spacial score (nSPS) is 12.0. The van der Waals surface area contributed by atoms with Crippen molar-refractivity contribution in [1.29, 1.82) is 0 Å². The minimum atomic E-state index is 0.184. The highest BCUT2D eigenvalue weighted by Gasteiger charge is 1.91. The van der Waals surface area contributed by atoms with Gasteiger partial charge in [-0.1, -0.05) is 11.6 Å². The average Bonchev–Trinajstić information content (AvgIpc) is 2.57. The number of hydrogen-bond donors (Lipinski definition) is 1. The summed E-state index contributed by atoms with van der Waals surface area (Å²) in [5, 5.41) is 13.0. The molecule has 0 unspecified atom stereocenters. The molecule has 1 aromatic rings. The first-order valence-electron chi connectivity index (χ1n) is 4.10. The summed E-state index contributed by atoms with van der Waals surface area (Å²) in [6, 6.07) is 2.15. The fourth-order valence-corrected chi connectivity index (χ4v) is 1.69. The second-order valence-electron chi connectivity index (χ2n) is 2.88. The number of hydrogen-bond acceptors (Lipinski definition) is 2. The van der Waals surface area contributed by atoms with Gasteiger partial charge in [0.15, 0.2) is 0 Å². The predicted molar refractivity (Wildman–Crippen MR) is 53.5 cm³/mol. The van der Waals surface area contributed by atoms with Gasteiger partial charge in [-0.3, -0.25) is 0 Å². The molecule has 0 saturated heterocycles. The summed E-state index contributed by atoms with van der Waals surface area (Å²) in [5.74, 6) is 0. The summed E-state index contributed by atoms with van der Waals surface area (Å²) in [4.78, 5) is 0. The minimum absolute atomic E-state index is 0.184. The molecule has 0 atom stereocenters. The fraction of sp³-hybridized carbons (Fsp3) is 0.400. The van der Waals surface area contributed by atoms with Gasteiger partial charge in [-0.25, -0.2) is 0 Å². The summed E-state index contributed by atoms with van der Waals surface area (Å²) in [5.41, 5.74) is 2.45. The number of aryl methyl sites for hydroxylation is 1. The third kappa shape index (κ3) is 3.20. The van der Waals surface area contributed by atoms with Crippen LogP contribution in [0.15, 0.2) is 28.5 Å². The Labute approximate surface area is 77.4 Å². The van der Waals surface area contributed by atoms with Crippen molar-refractivity contribution in [2.45, 2.75) is 19.8 Å². The van der Waals surface area contributed by atoms with Crippen molar-refractivity contribution in [2.24, 2.45) is 0 Å². The Bertz CT molecular complexity index is 236. The summed E-state index contributed by atoms with van der Waals surface area (Å²) in [6.45, 7) is 2.14.